The molecule has 1 aliphatic heterocycles. The van der Waals surface area contributed by atoms with E-state index in [0.717, 1.165) is 0 Å². The van der Waals surface area contributed by atoms with Crippen LogP contribution in [-0.2, 0) is 4.74 Å². The van der Waals surface area contributed by atoms with Crippen molar-refractivity contribution in [1.29, 1.82) is 0 Å². The fraction of sp³-hybridized carbons (Fsp3) is 1.00. The summed E-state index contributed by atoms with van der Waals surface area (Å²) in [5, 5.41) is 28.4. The van der Waals surface area contributed by atoms with E-state index in [4.69, 9.17) is 4.74 Å². The van der Waals surface area contributed by atoms with Crippen LogP contribution in [0.4, 0.5) is 0 Å². The zero-order valence-corrected chi connectivity index (χ0v) is 8.21. The van der Waals surface area contributed by atoms with Crippen LogP contribution in [0.5, 0.6) is 0 Å². The second kappa shape index (κ2) is 3.92. The Morgan fingerprint density at radius 1 is 1.00 bits per heavy atom. The first kappa shape index (κ1) is 10.9. The predicted octanol–water partition coefficient (Wildman–Crippen LogP) is -0.488. The van der Waals surface area contributed by atoms with Gasteiger partial charge in [-0.1, -0.05) is 13.8 Å². The van der Waals surface area contributed by atoms with Gasteiger partial charge < -0.3 is 20.1 Å². The molecule has 0 saturated carbocycles. The Balaban J connectivity index is 2.70. The predicted molar refractivity (Wildman–Crippen MR) is 47.2 cm³/mol. The Bertz CT molecular complexity index is 171. The van der Waals surface area contributed by atoms with E-state index in [9.17, 15) is 15.3 Å². The largest absolute Gasteiger partial charge is 0.388 e. The summed E-state index contributed by atoms with van der Waals surface area (Å²) in [6, 6.07) is 0. The Labute approximate surface area is 78.1 Å². The van der Waals surface area contributed by atoms with Gasteiger partial charge in [0.25, 0.3) is 0 Å². The highest BCUT2D eigenvalue weighted by atomic mass is 16.5. The Kier molecular flexibility index (Phi) is 3.29. The highest BCUT2D eigenvalue weighted by Crippen LogP contribution is 2.25. The molecule has 1 rings (SSSR count). The molecule has 1 saturated heterocycles. The molecule has 5 atom stereocenters. The SMILES string of the molecule is CC(C)[C@@H]1O[C@H](C)C(O)C(O)[C@H]1O. The zero-order valence-electron chi connectivity index (χ0n) is 8.21. The van der Waals surface area contributed by atoms with Crippen LogP contribution in [0.1, 0.15) is 20.8 Å². The molecule has 4 heteroatoms. The lowest BCUT2D eigenvalue weighted by atomic mass is 9.90. The van der Waals surface area contributed by atoms with Crippen molar-refractivity contribution in [2.75, 3.05) is 0 Å². The van der Waals surface area contributed by atoms with Gasteiger partial charge in [-0.05, 0) is 12.8 Å². The van der Waals surface area contributed by atoms with Crippen LogP contribution in [0, 0.1) is 5.92 Å². The normalized spacial score (nSPS) is 46.8. The molecule has 1 heterocycles. The molecule has 0 bridgehead atoms. The number of rotatable bonds is 1. The van der Waals surface area contributed by atoms with E-state index in [1.807, 2.05) is 13.8 Å². The van der Waals surface area contributed by atoms with Gasteiger partial charge in [-0.3, -0.25) is 0 Å². The highest BCUT2D eigenvalue weighted by molar-refractivity contribution is 4.91. The van der Waals surface area contributed by atoms with Crippen molar-refractivity contribution < 1.29 is 20.1 Å². The van der Waals surface area contributed by atoms with E-state index in [1.54, 1.807) is 6.92 Å². The maximum absolute atomic E-state index is 9.56. The molecule has 0 aromatic rings. The van der Waals surface area contributed by atoms with Crippen LogP contribution in [0.25, 0.3) is 0 Å². The van der Waals surface area contributed by atoms with Crippen molar-refractivity contribution in [2.24, 2.45) is 5.92 Å². The molecule has 0 aromatic heterocycles. The third kappa shape index (κ3) is 2.02. The van der Waals surface area contributed by atoms with Crippen molar-refractivity contribution in [3.8, 4) is 0 Å². The number of aliphatic hydroxyl groups is 3. The molecule has 1 aliphatic rings. The van der Waals surface area contributed by atoms with Gasteiger partial charge in [-0.15, -0.1) is 0 Å². The second-order valence-electron chi connectivity index (χ2n) is 4.02. The van der Waals surface area contributed by atoms with Crippen molar-refractivity contribution in [1.82, 2.24) is 0 Å². The van der Waals surface area contributed by atoms with Gasteiger partial charge >= 0.3 is 0 Å². The summed E-state index contributed by atoms with van der Waals surface area (Å²) in [6.45, 7) is 5.51. The lowest BCUT2D eigenvalue weighted by Gasteiger charge is -2.41. The average molecular weight is 190 g/mol. The third-order valence-corrected chi connectivity index (χ3v) is 2.55. The minimum absolute atomic E-state index is 0.125. The van der Waals surface area contributed by atoms with Gasteiger partial charge in [0.05, 0.1) is 12.2 Å². The molecule has 4 nitrogen and oxygen atoms in total. The first-order valence-electron chi connectivity index (χ1n) is 4.64. The molecule has 3 N–H and O–H groups in total. The monoisotopic (exact) mass is 190 g/mol. The quantitative estimate of drug-likeness (QED) is 0.522. The van der Waals surface area contributed by atoms with Crippen LogP contribution in [0.15, 0.2) is 0 Å². The van der Waals surface area contributed by atoms with Crippen LogP contribution in [-0.4, -0.2) is 45.8 Å². The summed E-state index contributed by atoms with van der Waals surface area (Å²) in [6.07, 6.45) is -3.91. The van der Waals surface area contributed by atoms with Gasteiger partial charge in [0, 0.05) is 0 Å². The van der Waals surface area contributed by atoms with Gasteiger partial charge in [0.15, 0.2) is 0 Å². The van der Waals surface area contributed by atoms with Crippen LogP contribution in [0.2, 0.25) is 0 Å². The maximum atomic E-state index is 9.56. The topological polar surface area (TPSA) is 69.9 Å². The van der Waals surface area contributed by atoms with E-state index >= 15 is 0 Å². The lowest BCUT2D eigenvalue weighted by molar-refractivity contribution is -0.226. The van der Waals surface area contributed by atoms with Crippen LogP contribution >= 0.6 is 0 Å². The van der Waals surface area contributed by atoms with E-state index < -0.39 is 30.5 Å². The van der Waals surface area contributed by atoms with Gasteiger partial charge in [0.2, 0.25) is 0 Å². The summed E-state index contributed by atoms with van der Waals surface area (Å²) < 4.78 is 5.38. The molecule has 0 radical (unpaired) electrons. The van der Waals surface area contributed by atoms with Gasteiger partial charge in [-0.25, -0.2) is 0 Å². The molecule has 0 amide bonds. The first-order chi connectivity index (χ1) is 5.95. The average Bonchev–Trinajstić information content (AvgIpc) is 2.07. The van der Waals surface area contributed by atoms with E-state index in [-0.39, 0.29) is 5.92 Å². The minimum atomic E-state index is -1.10. The Morgan fingerprint density at radius 2 is 1.54 bits per heavy atom. The number of ether oxygens (including phenoxy) is 1. The molecule has 0 aromatic carbocycles. The van der Waals surface area contributed by atoms with Gasteiger partial charge in [-0.2, -0.15) is 0 Å². The first-order valence-corrected chi connectivity index (χ1v) is 4.64. The van der Waals surface area contributed by atoms with Crippen molar-refractivity contribution in [2.45, 2.75) is 51.3 Å². The molecular weight excluding hydrogens is 172 g/mol. The summed E-state index contributed by atoms with van der Waals surface area (Å²) in [5.74, 6) is 0.125. The van der Waals surface area contributed by atoms with Crippen LogP contribution < -0.4 is 0 Å². The molecule has 13 heavy (non-hydrogen) atoms. The van der Waals surface area contributed by atoms with E-state index in [2.05, 4.69) is 0 Å². The summed E-state index contributed by atoms with van der Waals surface area (Å²) >= 11 is 0. The molecule has 78 valence electrons. The fourth-order valence-corrected chi connectivity index (χ4v) is 1.63. The number of aliphatic hydroxyl groups excluding tert-OH is 3. The van der Waals surface area contributed by atoms with Crippen molar-refractivity contribution >= 4 is 0 Å². The van der Waals surface area contributed by atoms with E-state index in [1.165, 1.54) is 0 Å². The van der Waals surface area contributed by atoms with Crippen LogP contribution in [0.3, 0.4) is 0 Å². The zero-order chi connectivity index (χ0) is 10.2. The van der Waals surface area contributed by atoms with Gasteiger partial charge in [0.1, 0.15) is 18.3 Å². The Morgan fingerprint density at radius 3 is 2.00 bits per heavy atom. The summed E-state index contributed by atoms with van der Waals surface area (Å²) in [5.41, 5.74) is 0. The smallest absolute Gasteiger partial charge is 0.111 e. The minimum Gasteiger partial charge on any atom is -0.388 e. The molecular formula is C9H18O4. The molecule has 0 spiro atoms. The Hall–Kier alpha value is -0.160. The molecule has 1 fully saturated rings. The third-order valence-electron chi connectivity index (χ3n) is 2.55. The number of hydrogen-bond acceptors (Lipinski definition) is 4. The molecule has 0 aliphatic carbocycles. The fourth-order valence-electron chi connectivity index (χ4n) is 1.63. The number of hydrogen-bond donors (Lipinski definition) is 3. The van der Waals surface area contributed by atoms with Crippen molar-refractivity contribution in [3.05, 3.63) is 0 Å². The van der Waals surface area contributed by atoms with Crippen molar-refractivity contribution in [3.63, 3.8) is 0 Å². The second-order valence-corrected chi connectivity index (χ2v) is 4.02. The lowest BCUT2D eigenvalue weighted by Crippen LogP contribution is -2.57. The summed E-state index contributed by atoms with van der Waals surface area (Å²) in [7, 11) is 0. The standard InChI is InChI=1S/C9H18O4/c1-4(2)9-8(12)7(11)6(10)5(3)13-9/h4-12H,1-3H3/t5-,6?,7?,8-,9+/m1/s1. The molecule has 2 unspecified atom stereocenters. The maximum Gasteiger partial charge on any atom is 0.111 e. The summed E-state index contributed by atoms with van der Waals surface area (Å²) in [4.78, 5) is 0. The van der Waals surface area contributed by atoms with E-state index in [0.29, 0.717) is 0 Å². The highest BCUT2D eigenvalue weighted by Gasteiger charge is 2.42.